The quantitative estimate of drug-likeness (QED) is 0.539. The van der Waals surface area contributed by atoms with Gasteiger partial charge in [-0.05, 0) is 67.4 Å². The van der Waals surface area contributed by atoms with Crippen LogP contribution >= 0.6 is 0 Å². The Labute approximate surface area is 135 Å². The van der Waals surface area contributed by atoms with Crippen molar-refractivity contribution in [3.63, 3.8) is 0 Å². The third-order valence-electron chi connectivity index (χ3n) is 5.95. The molecule has 4 rings (SSSR count). The summed E-state index contributed by atoms with van der Waals surface area (Å²) in [4.78, 5) is 0. The van der Waals surface area contributed by atoms with Crippen LogP contribution in [0, 0.1) is 0 Å². The lowest BCUT2D eigenvalue weighted by molar-refractivity contribution is 0.665. The minimum atomic E-state index is -1.53. The van der Waals surface area contributed by atoms with E-state index in [1.807, 2.05) is 0 Å². The molecule has 0 spiro atoms. The monoisotopic (exact) mass is 306 g/mol. The van der Waals surface area contributed by atoms with Crippen LogP contribution in [-0.2, 0) is 0 Å². The Morgan fingerprint density at radius 2 is 1.86 bits per heavy atom. The Hall–Kier alpha value is -1.34. The van der Waals surface area contributed by atoms with E-state index in [0.29, 0.717) is 0 Å². The fourth-order valence-electron chi connectivity index (χ4n) is 4.77. The van der Waals surface area contributed by atoms with Gasteiger partial charge in [0.1, 0.15) is 8.07 Å². The molecule has 0 aromatic carbocycles. The van der Waals surface area contributed by atoms with Crippen LogP contribution in [0.1, 0.15) is 45.4 Å². The molecule has 0 amide bonds. The summed E-state index contributed by atoms with van der Waals surface area (Å²) in [5, 5.41) is 3.41. The second kappa shape index (κ2) is 5.09. The number of fused-ring (bicyclic) bond motifs is 1. The maximum atomic E-state index is 2.58. The van der Waals surface area contributed by atoms with Crippen LogP contribution in [0.4, 0.5) is 0 Å². The average Bonchev–Trinajstić information content (AvgIpc) is 3.12. The van der Waals surface area contributed by atoms with Gasteiger partial charge >= 0.3 is 0 Å². The lowest BCUT2D eigenvalue weighted by Gasteiger charge is -2.32. The molecule has 0 fully saturated rings. The Morgan fingerprint density at radius 3 is 2.64 bits per heavy atom. The van der Waals surface area contributed by atoms with Crippen LogP contribution in [0.2, 0.25) is 13.1 Å². The van der Waals surface area contributed by atoms with Crippen molar-refractivity contribution >= 4 is 8.07 Å². The molecular formula is C21H26Si. The first-order chi connectivity index (χ1) is 10.6. The highest BCUT2D eigenvalue weighted by Crippen LogP contribution is 2.48. The lowest BCUT2D eigenvalue weighted by Crippen LogP contribution is -2.33. The van der Waals surface area contributed by atoms with Crippen molar-refractivity contribution in [2.45, 2.75) is 58.5 Å². The minimum absolute atomic E-state index is 1.17. The minimum Gasteiger partial charge on any atom is -0.0809 e. The Balaban J connectivity index is 1.76. The topological polar surface area (TPSA) is 0 Å². The molecule has 1 heteroatoms. The molecule has 22 heavy (non-hydrogen) atoms. The molecule has 0 heterocycles. The van der Waals surface area contributed by atoms with Crippen LogP contribution in [-0.4, -0.2) is 8.07 Å². The molecule has 0 radical (unpaired) electrons. The van der Waals surface area contributed by atoms with E-state index in [0.717, 1.165) is 0 Å². The zero-order valence-electron chi connectivity index (χ0n) is 14.1. The predicted molar refractivity (Wildman–Crippen MR) is 98.3 cm³/mol. The van der Waals surface area contributed by atoms with E-state index < -0.39 is 8.07 Å². The summed E-state index contributed by atoms with van der Waals surface area (Å²) in [7, 11) is -1.53. The van der Waals surface area contributed by atoms with Crippen LogP contribution in [0.25, 0.3) is 0 Å². The normalized spacial score (nSPS) is 24.2. The van der Waals surface area contributed by atoms with Gasteiger partial charge in [0, 0.05) is 0 Å². The number of allylic oxidation sites excluding steroid dienone is 12. The molecular weight excluding hydrogens is 280 g/mol. The van der Waals surface area contributed by atoms with Crippen molar-refractivity contribution < 1.29 is 0 Å². The molecule has 0 aliphatic heterocycles. The van der Waals surface area contributed by atoms with Gasteiger partial charge < -0.3 is 0 Å². The zero-order valence-corrected chi connectivity index (χ0v) is 15.1. The summed E-state index contributed by atoms with van der Waals surface area (Å²) in [5.74, 6) is 0. The Morgan fingerprint density at radius 1 is 1.05 bits per heavy atom. The van der Waals surface area contributed by atoms with E-state index in [4.69, 9.17) is 0 Å². The Kier molecular flexibility index (Phi) is 3.30. The molecule has 0 saturated carbocycles. The van der Waals surface area contributed by atoms with Gasteiger partial charge in [0.25, 0.3) is 0 Å². The van der Waals surface area contributed by atoms with E-state index in [2.05, 4.69) is 50.4 Å². The fourth-order valence-corrected chi connectivity index (χ4v) is 8.19. The van der Waals surface area contributed by atoms with Crippen LogP contribution < -0.4 is 0 Å². The molecule has 0 atom stereocenters. The van der Waals surface area contributed by atoms with Gasteiger partial charge in [0.05, 0.1) is 0 Å². The summed E-state index contributed by atoms with van der Waals surface area (Å²) in [6, 6.07) is 0. The van der Waals surface area contributed by atoms with E-state index in [-0.39, 0.29) is 0 Å². The van der Waals surface area contributed by atoms with Crippen LogP contribution in [0.15, 0.2) is 68.6 Å². The summed E-state index contributed by atoms with van der Waals surface area (Å²) < 4.78 is 0. The summed E-state index contributed by atoms with van der Waals surface area (Å²) in [6.45, 7) is 7.44. The number of hydrogen-bond donors (Lipinski definition) is 0. The SMILES string of the molecule is CC1=C([Si](C)(C)C2=CC=CC2)C2=CC3=C(CCCC3)CC2=C1. The smallest absolute Gasteiger partial charge is 0.0809 e. The first-order valence-electron chi connectivity index (χ1n) is 8.79. The highest BCUT2D eigenvalue weighted by atomic mass is 28.3. The molecule has 0 nitrogen and oxygen atoms in total. The standard InChI is InChI=1S/C21H26Si/c1-15-12-18-13-16-8-4-5-9-17(16)14-20(18)21(15)22(2,3)19-10-6-7-11-19/h6-7,10,12,14H,4-5,8-9,11,13H2,1-3H3. The fraction of sp³-hybridized carbons (Fsp3) is 0.429. The summed E-state index contributed by atoms with van der Waals surface area (Å²) in [5.41, 5.74) is 8.18. The van der Waals surface area contributed by atoms with E-state index in [1.54, 1.807) is 38.3 Å². The second-order valence-electron chi connectivity index (χ2n) is 7.75. The largest absolute Gasteiger partial charge is 0.109 e. The van der Waals surface area contributed by atoms with Gasteiger partial charge in [-0.2, -0.15) is 0 Å². The molecule has 114 valence electrons. The van der Waals surface area contributed by atoms with E-state index in [9.17, 15) is 0 Å². The summed E-state index contributed by atoms with van der Waals surface area (Å²) in [6.07, 6.45) is 19.9. The zero-order chi connectivity index (χ0) is 15.3. The average molecular weight is 307 g/mol. The van der Waals surface area contributed by atoms with Crippen molar-refractivity contribution in [1.29, 1.82) is 0 Å². The molecule has 0 N–H and O–H groups in total. The van der Waals surface area contributed by atoms with Crippen LogP contribution in [0.5, 0.6) is 0 Å². The van der Waals surface area contributed by atoms with Gasteiger partial charge in [0.15, 0.2) is 0 Å². The van der Waals surface area contributed by atoms with Crippen molar-refractivity contribution in [2.75, 3.05) is 0 Å². The van der Waals surface area contributed by atoms with Crippen molar-refractivity contribution in [1.82, 2.24) is 0 Å². The lowest BCUT2D eigenvalue weighted by atomic mass is 9.82. The van der Waals surface area contributed by atoms with Crippen molar-refractivity contribution in [3.8, 4) is 0 Å². The van der Waals surface area contributed by atoms with Crippen molar-refractivity contribution in [2.24, 2.45) is 0 Å². The predicted octanol–water partition coefficient (Wildman–Crippen LogP) is 6.12. The van der Waals surface area contributed by atoms with Gasteiger partial charge in [-0.25, -0.2) is 0 Å². The second-order valence-corrected chi connectivity index (χ2v) is 12.1. The van der Waals surface area contributed by atoms with Crippen LogP contribution in [0.3, 0.4) is 0 Å². The maximum absolute atomic E-state index is 2.58. The Bertz CT molecular complexity index is 717. The molecule has 0 unspecified atom stereocenters. The third-order valence-corrected chi connectivity index (χ3v) is 9.84. The molecule has 4 aliphatic carbocycles. The van der Waals surface area contributed by atoms with Gasteiger partial charge in [-0.1, -0.05) is 59.8 Å². The molecule has 0 saturated heterocycles. The highest BCUT2D eigenvalue weighted by molar-refractivity contribution is 6.91. The molecule has 0 bridgehead atoms. The summed E-state index contributed by atoms with van der Waals surface area (Å²) >= 11 is 0. The number of rotatable bonds is 2. The first-order valence-corrected chi connectivity index (χ1v) is 11.8. The van der Waals surface area contributed by atoms with E-state index >= 15 is 0 Å². The van der Waals surface area contributed by atoms with Gasteiger partial charge in [0.2, 0.25) is 0 Å². The van der Waals surface area contributed by atoms with E-state index in [1.165, 1.54) is 38.5 Å². The highest BCUT2D eigenvalue weighted by Gasteiger charge is 2.38. The van der Waals surface area contributed by atoms with Gasteiger partial charge in [-0.15, -0.1) is 0 Å². The first kappa shape index (κ1) is 14.3. The molecule has 0 aromatic heterocycles. The molecule has 4 aliphatic rings. The van der Waals surface area contributed by atoms with Crippen molar-refractivity contribution in [3.05, 3.63) is 68.6 Å². The van der Waals surface area contributed by atoms with Gasteiger partial charge in [-0.3, -0.25) is 0 Å². The molecule has 0 aromatic rings. The maximum Gasteiger partial charge on any atom is 0.109 e. The third kappa shape index (κ3) is 2.10. The number of hydrogen-bond acceptors (Lipinski definition) is 0.